The highest BCUT2D eigenvalue weighted by atomic mass is 35.5. The summed E-state index contributed by atoms with van der Waals surface area (Å²) >= 11 is 6.26. The fourth-order valence-corrected chi connectivity index (χ4v) is 2.96. The molecule has 0 radical (unpaired) electrons. The molecule has 3 rings (SSSR count). The third-order valence-corrected chi connectivity index (χ3v) is 4.42. The predicted octanol–water partition coefficient (Wildman–Crippen LogP) is 3.70. The largest absolute Gasteiger partial charge is 0.497 e. The number of fused-ring (bicyclic) bond motifs is 1. The van der Waals surface area contributed by atoms with Gasteiger partial charge in [0, 0.05) is 11.5 Å². The van der Waals surface area contributed by atoms with Gasteiger partial charge in [0.2, 0.25) is 0 Å². The molecular formula is C19H12ClN3O2. The Labute approximate surface area is 148 Å². The van der Waals surface area contributed by atoms with Gasteiger partial charge in [-0.1, -0.05) is 17.7 Å². The standard InChI is InChI=1S/C19H12ClN3O2/c1-11-3-4-13(7-12(11)9-21)23-17-8-14(25-2)5-6-15(17)18(20)16(10-22)19(23)24/h3-8H,1-2H3. The van der Waals surface area contributed by atoms with Crippen molar-refractivity contribution < 1.29 is 4.74 Å². The normalized spacial score (nSPS) is 10.3. The van der Waals surface area contributed by atoms with Crippen molar-refractivity contribution in [1.82, 2.24) is 4.57 Å². The zero-order chi connectivity index (χ0) is 18.1. The van der Waals surface area contributed by atoms with E-state index in [0.29, 0.717) is 27.9 Å². The third kappa shape index (κ3) is 2.61. The van der Waals surface area contributed by atoms with E-state index in [4.69, 9.17) is 16.3 Å². The Morgan fingerprint density at radius 1 is 1.12 bits per heavy atom. The summed E-state index contributed by atoms with van der Waals surface area (Å²) < 4.78 is 6.62. The highest BCUT2D eigenvalue weighted by molar-refractivity contribution is 6.36. The summed E-state index contributed by atoms with van der Waals surface area (Å²) in [5, 5.41) is 19.3. The van der Waals surface area contributed by atoms with Crippen molar-refractivity contribution in [1.29, 1.82) is 10.5 Å². The van der Waals surface area contributed by atoms with Gasteiger partial charge in [0.25, 0.3) is 5.56 Å². The quantitative estimate of drug-likeness (QED) is 0.706. The zero-order valence-electron chi connectivity index (χ0n) is 13.5. The number of hydrogen-bond acceptors (Lipinski definition) is 4. The van der Waals surface area contributed by atoms with Crippen LogP contribution in [0.5, 0.6) is 5.75 Å². The first-order chi connectivity index (χ1) is 12.0. The molecule has 25 heavy (non-hydrogen) atoms. The van der Waals surface area contributed by atoms with Gasteiger partial charge in [-0.3, -0.25) is 9.36 Å². The monoisotopic (exact) mass is 349 g/mol. The van der Waals surface area contributed by atoms with Crippen LogP contribution in [0.15, 0.2) is 41.2 Å². The molecule has 122 valence electrons. The molecule has 1 aromatic heterocycles. The molecule has 0 fully saturated rings. The second-order valence-electron chi connectivity index (χ2n) is 5.44. The number of halogens is 1. The molecule has 0 saturated carbocycles. The van der Waals surface area contributed by atoms with Gasteiger partial charge in [-0.25, -0.2) is 0 Å². The van der Waals surface area contributed by atoms with E-state index in [1.54, 1.807) is 36.4 Å². The number of rotatable bonds is 2. The van der Waals surface area contributed by atoms with Gasteiger partial charge in [-0.15, -0.1) is 0 Å². The van der Waals surface area contributed by atoms with E-state index >= 15 is 0 Å². The lowest BCUT2D eigenvalue weighted by Crippen LogP contribution is -2.22. The highest BCUT2D eigenvalue weighted by Crippen LogP contribution is 2.29. The Balaban J connectivity index is 2.51. The van der Waals surface area contributed by atoms with Crippen LogP contribution in [0.3, 0.4) is 0 Å². The van der Waals surface area contributed by atoms with Crippen molar-refractivity contribution in [3.8, 4) is 23.6 Å². The lowest BCUT2D eigenvalue weighted by atomic mass is 10.1. The summed E-state index contributed by atoms with van der Waals surface area (Å²) in [6.07, 6.45) is 0. The fourth-order valence-electron chi connectivity index (χ4n) is 2.68. The number of ether oxygens (including phenoxy) is 1. The van der Waals surface area contributed by atoms with Crippen molar-refractivity contribution in [3.63, 3.8) is 0 Å². The van der Waals surface area contributed by atoms with Gasteiger partial charge in [-0.05, 0) is 36.8 Å². The molecule has 0 aliphatic carbocycles. The van der Waals surface area contributed by atoms with Crippen LogP contribution in [-0.2, 0) is 0 Å². The second kappa shape index (κ2) is 6.32. The van der Waals surface area contributed by atoms with E-state index in [1.807, 2.05) is 13.0 Å². The first kappa shape index (κ1) is 16.6. The summed E-state index contributed by atoms with van der Waals surface area (Å²) in [4.78, 5) is 12.9. The average molecular weight is 350 g/mol. The molecule has 3 aromatic rings. The van der Waals surface area contributed by atoms with Gasteiger partial charge in [-0.2, -0.15) is 10.5 Å². The van der Waals surface area contributed by atoms with E-state index in [0.717, 1.165) is 5.56 Å². The Hall–Kier alpha value is -3.28. The van der Waals surface area contributed by atoms with Crippen molar-refractivity contribution in [2.24, 2.45) is 0 Å². The van der Waals surface area contributed by atoms with Crippen molar-refractivity contribution in [2.45, 2.75) is 6.92 Å². The maximum atomic E-state index is 12.9. The molecular weight excluding hydrogens is 338 g/mol. The minimum atomic E-state index is -0.541. The molecule has 6 heteroatoms. The minimum Gasteiger partial charge on any atom is -0.497 e. The summed E-state index contributed by atoms with van der Waals surface area (Å²) in [6, 6.07) is 14.2. The molecule has 2 aromatic carbocycles. The molecule has 0 unspecified atom stereocenters. The predicted molar refractivity (Wildman–Crippen MR) is 95.3 cm³/mol. The maximum absolute atomic E-state index is 12.9. The SMILES string of the molecule is COc1ccc2c(Cl)c(C#N)c(=O)n(-c3ccc(C)c(C#N)c3)c2c1. The van der Waals surface area contributed by atoms with E-state index in [1.165, 1.54) is 11.7 Å². The smallest absolute Gasteiger partial charge is 0.275 e. The van der Waals surface area contributed by atoms with Gasteiger partial charge in [0.15, 0.2) is 0 Å². The summed E-state index contributed by atoms with van der Waals surface area (Å²) in [5.74, 6) is 0.550. The topological polar surface area (TPSA) is 78.8 Å². The Bertz CT molecular complexity index is 1150. The molecule has 0 N–H and O–H groups in total. The van der Waals surface area contributed by atoms with E-state index < -0.39 is 5.56 Å². The lowest BCUT2D eigenvalue weighted by molar-refractivity contribution is 0.415. The van der Waals surface area contributed by atoms with Crippen LogP contribution >= 0.6 is 11.6 Å². The number of nitrogens with zero attached hydrogens (tertiary/aromatic N) is 3. The number of nitriles is 2. The van der Waals surface area contributed by atoms with Crippen molar-refractivity contribution in [2.75, 3.05) is 7.11 Å². The number of aromatic nitrogens is 1. The first-order valence-electron chi connectivity index (χ1n) is 7.35. The average Bonchev–Trinajstić information content (AvgIpc) is 2.63. The van der Waals surface area contributed by atoms with Crippen LogP contribution in [0.25, 0.3) is 16.6 Å². The number of methoxy groups -OCH3 is 1. The number of hydrogen-bond donors (Lipinski definition) is 0. The van der Waals surface area contributed by atoms with Gasteiger partial charge in [0.1, 0.15) is 17.4 Å². The molecule has 0 aliphatic heterocycles. The molecule has 0 amide bonds. The van der Waals surface area contributed by atoms with Crippen LogP contribution in [0.2, 0.25) is 5.02 Å². The van der Waals surface area contributed by atoms with Crippen molar-refractivity contribution >= 4 is 22.5 Å². The number of aryl methyl sites for hydroxylation is 1. The maximum Gasteiger partial charge on any atom is 0.275 e. The molecule has 1 heterocycles. The first-order valence-corrected chi connectivity index (χ1v) is 7.73. The van der Waals surface area contributed by atoms with Crippen LogP contribution in [0, 0.1) is 29.6 Å². The molecule has 5 nitrogen and oxygen atoms in total. The van der Waals surface area contributed by atoms with E-state index in [2.05, 4.69) is 6.07 Å². The van der Waals surface area contributed by atoms with E-state index in [-0.39, 0.29) is 10.6 Å². The van der Waals surface area contributed by atoms with Gasteiger partial charge < -0.3 is 4.74 Å². The van der Waals surface area contributed by atoms with E-state index in [9.17, 15) is 15.3 Å². The van der Waals surface area contributed by atoms with Crippen LogP contribution < -0.4 is 10.3 Å². The van der Waals surface area contributed by atoms with Crippen molar-refractivity contribution in [3.05, 3.63) is 68.5 Å². The lowest BCUT2D eigenvalue weighted by Gasteiger charge is -2.14. The Morgan fingerprint density at radius 2 is 1.88 bits per heavy atom. The molecule has 0 saturated heterocycles. The second-order valence-corrected chi connectivity index (χ2v) is 5.81. The molecule has 0 atom stereocenters. The summed E-state index contributed by atoms with van der Waals surface area (Å²) in [6.45, 7) is 1.81. The molecule has 0 spiro atoms. The summed E-state index contributed by atoms with van der Waals surface area (Å²) in [5.41, 5.74) is 1.56. The van der Waals surface area contributed by atoms with Crippen LogP contribution in [-0.4, -0.2) is 11.7 Å². The number of pyridine rings is 1. The van der Waals surface area contributed by atoms with Gasteiger partial charge >= 0.3 is 0 Å². The summed E-state index contributed by atoms with van der Waals surface area (Å²) in [7, 11) is 1.52. The Morgan fingerprint density at radius 3 is 2.52 bits per heavy atom. The zero-order valence-corrected chi connectivity index (χ0v) is 14.3. The van der Waals surface area contributed by atoms with Gasteiger partial charge in [0.05, 0.1) is 35.0 Å². The highest BCUT2D eigenvalue weighted by Gasteiger charge is 2.17. The number of benzene rings is 2. The Kier molecular flexibility index (Phi) is 4.19. The molecule has 0 bridgehead atoms. The van der Waals surface area contributed by atoms with Crippen LogP contribution in [0.1, 0.15) is 16.7 Å². The van der Waals surface area contributed by atoms with Crippen LogP contribution in [0.4, 0.5) is 0 Å². The third-order valence-electron chi connectivity index (χ3n) is 4.03. The fraction of sp³-hybridized carbons (Fsp3) is 0.105. The molecule has 0 aliphatic rings. The minimum absolute atomic E-state index is 0.106.